The van der Waals surface area contributed by atoms with Crippen LogP contribution in [0.1, 0.15) is 5.56 Å². The Kier molecular flexibility index (Phi) is 2.03. The highest BCUT2D eigenvalue weighted by Crippen LogP contribution is 2.33. The average molecular weight is 213 g/mol. The molecule has 0 bridgehead atoms. The number of aromatic nitrogens is 1. The third-order valence-electron chi connectivity index (χ3n) is 2.07. The van der Waals surface area contributed by atoms with Gasteiger partial charge >= 0.3 is 6.18 Å². The summed E-state index contributed by atoms with van der Waals surface area (Å²) in [5, 5.41) is 9.96. The lowest BCUT2D eigenvalue weighted by Gasteiger charge is -2.07. The number of pyridine rings is 1. The first-order chi connectivity index (χ1) is 6.98. The highest BCUT2D eigenvalue weighted by atomic mass is 19.4. The molecule has 0 radical (unpaired) electrons. The van der Waals surface area contributed by atoms with Gasteiger partial charge in [0.05, 0.1) is 11.8 Å². The second kappa shape index (κ2) is 3.12. The molecule has 1 aromatic carbocycles. The Balaban J connectivity index is 2.70. The van der Waals surface area contributed by atoms with Crippen molar-refractivity contribution in [2.45, 2.75) is 6.18 Å². The largest absolute Gasteiger partial charge is 0.506 e. The Morgan fingerprint density at radius 3 is 2.53 bits per heavy atom. The molecule has 0 amide bonds. The zero-order chi connectivity index (χ0) is 11.1. The van der Waals surface area contributed by atoms with Crippen molar-refractivity contribution >= 4 is 10.8 Å². The molecule has 0 spiro atoms. The highest BCUT2D eigenvalue weighted by molar-refractivity contribution is 5.87. The Hall–Kier alpha value is -1.78. The van der Waals surface area contributed by atoms with Crippen molar-refractivity contribution in [2.75, 3.05) is 0 Å². The number of hydrogen-bond acceptors (Lipinski definition) is 2. The van der Waals surface area contributed by atoms with E-state index in [1.807, 2.05) is 0 Å². The number of rotatable bonds is 0. The summed E-state index contributed by atoms with van der Waals surface area (Å²) in [6, 6.07) is 3.15. The molecule has 0 unspecified atom stereocenters. The predicted molar refractivity (Wildman–Crippen MR) is 48.4 cm³/mol. The number of fused-ring (bicyclic) bond motifs is 1. The predicted octanol–water partition coefficient (Wildman–Crippen LogP) is 2.96. The summed E-state index contributed by atoms with van der Waals surface area (Å²) < 4.78 is 37.1. The third-order valence-corrected chi connectivity index (χ3v) is 2.07. The van der Waals surface area contributed by atoms with Crippen molar-refractivity contribution in [2.24, 2.45) is 0 Å². The van der Waals surface area contributed by atoms with E-state index in [2.05, 4.69) is 4.98 Å². The van der Waals surface area contributed by atoms with Crippen LogP contribution in [0.5, 0.6) is 5.75 Å². The van der Waals surface area contributed by atoms with E-state index in [0.717, 1.165) is 18.3 Å². The smallest absolute Gasteiger partial charge is 0.416 e. The Morgan fingerprint density at radius 2 is 1.87 bits per heavy atom. The van der Waals surface area contributed by atoms with Crippen molar-refractivity contribution in [3.05, 3.63) is 36.2 Å². The van der Waals surface area contributed by atoms with E-state index in [1.54, 1.807) is 0 Å². The van der Waals surface area contributed by atoms with Gasteiger partial charge in [-0.1, -0.05) is 6.07 Å². The standard InChI is InChI=1S/C10H6F3NO/c11-10(12,13)7-2-1-6-4-14-5-9(15)8(6)3-7/h1-5,15H. The monoisotopic (exact) mass is 213 g/mol. The lowest BCUT2D eigenvalue weighted by Crippen LogP contribution is -2.04. The molecule has 1 heterocycles. The molecule has 0 aliphatic rings. The lowest BCUT2D eigenvalue weighted by atomic mass is 10.1. The molecule has 0 atom stereocenters. The van der Waals surface area contributed by atoms with Gasteiger partial charge in [0.1, 0.15) is 5.75 Å². The van der Waals surface area contributed by atoms with Crippen LogP contribution in [-0.2, 0) is 6.18 Å². The molecular weight excluding hydrogens is 207 g/mol. The summed E-state index contributed by atoms with van der Waals surface area (Å²) in [6.07, 6.45) is -1.89. The van der Waals surface area contributed by atoms with E-state index in [9.17, 15) is 18.3 Å². The van der Waals surface area contributed by atoms with Gasteiger partial charge in [0, 0.05) is 17.0 Å². The molecule has 0 saturated heterocycles. The van der Waals surface area contributed by atoms with Gasteiger partial charge in [-0.15, -0.1) is 0 Å². The highest BCUT2D eigenvalue weighted by Gasteiger charge is 2.30. The first-order valence-corrected chi connectivity index (χ1v) is 4.12. The molecule has 0 fully saturated rings. The van der Waals surface area contributed by atoms with Gasteiger partial charge in [-0.3, -0.25) is 4.98 Å². The summed E-state index contributed by atoms with van der Waals surface area (Å²) in [5.41, 5.74) is -0.781. The molecule has 1 N–H and O–H groups in total. The second-order valence-electron chi connectivity index (χ2n) is 3.09. The van der Waals surface area contributed by atoms with Gasteiger partial charge in [-0.25, -0.2) is 0 Å². The molecule has 0 aliphatic heterocycles. The molecule has 0 saturated carbocycles. The first kappa shape index (κ1) is 9.76. The molecule has 15 heavy (non-hydrogen) atoms. The number of hydrogen-bond donors (Lipinski definition) is 1. The maximum Gasteiger partial charge on any atom is 0.416 e. The Morgan fingerprint density at radius 1 is 1.13 bits per heavy atom. The molecule has 1 aromatic heterocycles. The van der Waals surface area contributed by atoms with Gasteiger partial charge < -0.3 is 5.11 Å². The number of nitrogens with zero attached hydrogens (tertiary/aromatic N) is 1. The van der Waals surface area contributed by atoms with Crippen LogP contribution in [0.4, 0.5) is 13.2 Å². The van der Waals surface area contributed by atoms with Gasteiger partial charge in [-0.05, 0) is 12.1 Å². The quantitative estimate of drug-likeness (QED) is 0.729. The summed E-state index contributed by atoms with van der Waals surface area (Å²) >= 11 is 0. The van der Waals surface area contributed by atoms with Crippen LogP contribution in [0, 0.1) is 0 Å². The molecular formula is C10H6F3NO. The van der Waals surface area contributed by atoms with Crippen LogP contribution in [-0.4, -0.2) is 10.1 Å². The minimum Gasteiger partial charge on any atom is -0.506 e. The molecule has 78 valence electrons. The number of benzene rings is 1. The third kappa shape index (κ3) is 1.72. The average Bonchev–Trinajstić information content (AvgIpc) is 2.16. The van der Waals surface area contributed by atoms with Gasteiger partial charge in [0.15, 0.2) is 0 Å². The van der Waals surface area contributed by atoms with E-state index < -0.39 is 11.7 Å². The second-order valence-corrected chi connectivity index (χ2v) is 3.09. The minimum atomic E-state index is -4.40. The van der Waals surface area contributed by atoms with E-state index in [0.29, 0.717) is 5.39 Å². The fourth-order valence-electron chi connectivity index (χ4n) is 1.32. The lowest BCUT2D eigenvalue weighted by molar-refractivity contribution is -0.137. The van der Waals surface area contributed by atoms with Gasteiger partial charge in [-0.2, -0.15) is 13.2 Å². The SMILES string of the molecule is Oc1cncc2ccc(C(F)(F)F)cc12. The molecule has 2 nitrogen and oxygen atoms in total. The normalized spacial score (nSPS) is 11.9. The fraction of sp³-hybridized carbons (Fsp3) is 0.100. The summed E-state index contributed by atoms with van der Waals surface area (Å²) in [5.74, 6) is -0.251. The molecule has 2 rings (SSSR count). The molecule has 0 aliphatic carbocycles. The maximum absolute atomic E-state index is 12.4. The van der Waals surface area contributed by atoms with Crippen molar-refractivity contribution in [3.63, 3.8) is 0 Å². The molecule has 5 heteroatoms. The minimum absolute atomic E-state index is 0.153. The Bertz CT molecular complexity index is 507. The van der Waals surface area contributed by atoms with Crippen LogP contribution in [0.3, 0.4) is 0 Å². The first-order valence-electron chi connectivity index (χ1n) is 4.12. The van der Waals surface area contributed by atoms with E-state index in [1.165, 1.54) is 12.3 Å². The molecule has 2 aromatic rings. The maximum atomic E-state index is 12.4. The van der Waals surface area contributed by atoms with Crippen molar-refractivity contribution in [1.29, 1.82) is 0 Å². The number of halogens is 3. The summed E-state index contributed by atoms with van der Waals surface area (Å²) in [6.45, 7) is 0. The van der Waals surface area contributed by atoms with Crippen LogP contribution in [0.15, 0.2) is 30.6 Å². The number of alkyl halides is 3. The van der Waals surface area contributed by atoms with Crippen LogP contribution < -0.4 is 0 Å². The summed E-state index contributed by atoms with van der Waals surface area (Å²) in [4.78, 5) is 3.67. The summed E-state index contributed by atoms with van der Waals surface area (Å²) in [7, 11) is 0. The van der Waals surface area contributed by atoms with Crippen molar-refractivity contribution < 1.29 is 18.3 Å². The number of aromatic hydroxyl groups is 1. The van der Waals surface area contributed by atoms with E-state index >= 15 is 0 Å². The van der Waals surface area contributed by atoms with Crippen LogP contribution >= 0.6 is 0 Å². The Labute approximate surface area is 83.0 Å². The topological polar surface area (TPSA) is 33.1 Å². The van der Waals surface area contributed by atoms with Crippen LogP contribution in [0.25, 0.3) is 10.8 Å². The van der Waals surface area contributed by atoms with Crippen LogP contribution in [0.2, 0.25) is 0 Å². The van der Waals surface area contributed by atoms with Crippen molar-refractivity contribution in [3.8, 4) is 5.75 Å². The zero-order valence-electron chi connectivity index (χ0n) is 7.42. The van der Waals surface area contributed by atoms with E-state index in [-0.39, 0.29) is 11.1 Å². The zero-order valence-corrected chi connectivity index (χ0v) is 7.42. The van der Waals surface area contributed by atoms with Gasteiger partial charge in [0.2, 0.25) is 0 Å². The fourth-order valence-corrected chi connectivity index (χ4v) is 1.32. The van der Waals surface area contributed by atoms with Crippen molar-refractivity contribution in [1.82, 2.24) is 4.98 Å². The van der Waals surface area contributed by atoms with Gasteiger partial charge in [0.25, 0.3) is 0 Å². The van der Waals surface area contributed by atoms with E-state index in [4.69, 9.17) is 0 Å².